The van der Waals surface area contributed by atoms with Crippen LogP contribution in [0, 0.1) is 0 Å². The van der Waals surface area contributed by atoms with Crippen molar-refractivity contribution in [1.82, 2.24) is 4.90 Å². The molecule has 1 aliphatic heterocycles. The Labute approximate surface area is 194 Å². The first kappa shape index (κ1) is 23.8. The van der Waals surface area contributed by atoms with E-state index < -0.39 is 17.7 Å². The number of ether oxygens (including phenoxy) is 3. The molecule has 8 nitrogen and oxygen atoms in total. The fourth-order valence-electron chi connectivity index (χ4n) is 3.57. The molecule has 1 unspecified atom stereocenters. The maximum Gasteiger partial charge on any atom is 0.295 e. The summed E-state index contributed by atoms with van der Waals surface area (Å²) in [4.78, 5) is 27.2. The molecule has 1 amide bonds. The van der Waals surface area contributed by atoms with Crippen LogP contribution < -0.4 is 9.47 Å². The second-order valence-electron chi connectivity index (χ2n) is 6.95. The third kappa shape index (κ3) is 4.79. The van der Waals surface area contributed by atoms with E-state index in [2.05, 4.69) is 15.9 Å². The normalized spacial score (nSPS) is 17.6. The molecule has 2 aromatic carbocycles. The summed E-state index contributed by atoms with van der Waals surface area (Å²) >= 11 is 3.34. The molecule has 1 heterocycles. The number of amides is 1. The number of Topliss-reactive ketones (excluding diaryl/α,β-unsaturated/α-hetero) is 1. The summed E-state index contributed by atoms with van der Waals surface area (Å²) in [7, 11) is 3.00. The molecule has 170 valence electrons. The molecular formula is C23H24BrNO7. The van der Waals surface area contributed by atoms with Gasteiger partial charge in [-0.1, -0.05) is 34.1 Å². The molecule has 0 aliphatic carbocycles. The van der Waals surface area contributed by atoms with Crippen LogP contribution in [0.2, 0.25) is 0 Å². The smallest absolute Gasteiger partial charge is 0.295 e. The second kappa shape index (κ2) is 10.6. The highest BCUT2D eigenvalue weighted by molar-refractivity contribution is 9.10. The van der Waals surface area contributed by atoms with Gasteiger partial charge in [0.25, 0.3) is 11.7 Å². The Kier molecular flexibility index (Phi) is 7.89. The van der Waals surface area contributed by atoms with Gasteiger partial charge in [0.1, 0.15) is 5.76 Å². The van der Waals surface area contributed by atoms with E-state index in [1.54, 1.807) is 42.5 Å². The largest absolute Gasteiger partial charge is 0.507 e. The van der Waals surface area contributed by atoms with Gasteiger partial charge in [0.2, 0.25) is 0 Å². The average molecular weight is 506 g/mol. The Morgan fingerprint density at radius 2 is 1.72 bits per heavy atom. The minimum atomic E-state index is -0.851. The van der Waals surface area contributed by atoms with Gasteiger partial charge in [-0.25, -0.2) is 0 Å². The number of halogens is 1. The standard InChI is InChI=1S/C23H24BrNO7/c1-30-17-8-5-15(13-18(17)31-2)20-19(21(27)14-3-6-16(24)7-4-14)22(28)23(29)25(20)9-11-32-12-10-26/h3-8,13,20,26-27H,9-12H2,1-2H3. The summed E-state index contributed by atoms with van der Waals surface area (Å²) in [5.41, 5.74) is 0.961. The third-order valence-corrected chi connectivity index (χ3v) is 5.62. The molecule has 32 heavy (non-hydrogen) atoms. The van der Waals surface area contributed by atoms with Crippen LogP contribution in [0.25, 0.3) is 5.76 Å². The molecule has 2 N–H and O–H groups in total. The fraction of sp³-hybridized carbons (Fsp3) is 0.304. The number of nitrogens with zero attached hydrogens (tertiary/aromatic N) is 1. The molecule has 1 atom stereocenters. The van der Waals surface area contributed by atoms with Crippen molar-refractivity contribution >= 4 is 33.4 Å². The number of rotatable bonds is 9. The Balaban J connectivity index is 2.11. The molecule has 0 aromatic heterocycles. The molecule has 2 aromatic rings. The van der Waals surface area contributed by atoms with Gasteiger partial charge in [0.15, 0.2) is 11.5 Å². The first-order valence-electron chi connectivity index (χ1n) is 9.87. The van der Waals surface area contributed by atoms with Gasteiger partial charge in [-0.3, -0.25) is 9.59 Å². The van der Waals surface area contributed by atoms with Crippen molar-refractivity contribution in [3.8, 4) is 11.5 Å². The number of carbonyl (C=O) groups is 2. The monoisotopic (exact) mass is 505 g/mol. The highest BCUT2D eigenvalue weighted by Gasteiger charge is 2.46. The van der Waals surface area contributed by atoms with E-state index in [4.69, 9.17) is 19.3 Å². The Morgan fingerprint density at radius 3 is 2.34 bits per heavy atom. The Bertz CT molecular complexity index is 1020. The zero-order valence-electron chi connectivity index (χ0n) is 17.7. The summed E-state index contributed by atoms with van der Waals surface area (Å²) in [6, 6.07) is 11.0. The lowest BCUT2D eigenvalue weighted by molar-refractivity contribution is -0.140. The zero-order valence-corrected chi connectivity index (χ0v) is 19.3. The summed E-state index contributed by atoms with van der Waals surface area (Å²) in [5, 5.41) is 20.0. The van der Waals surface area contributed by atoms with E-state index in [-0.39, 0.29) is 37.7 Å². The maximum absolute atomic E-state index is 13.0. The number of aliphatic hydroxyl groups is 2. The highest BCUT2D eigenvalue weighted by atomic mass is 79.9. The average Bonchev–Trinajstić information content (AvgIpc) is 3.06. The SMILES string of the molecule is COc1ccc(C2C(=C(O)c3ccc(Br)cc3)C(=O)C(=O)N2CCOCCO)cc1OC. The summed E-state index contributed by atoms with van der Waals surface area (Å²) in [6.07, 6.45) is 0. The minimum absolute atomic E-state index is 0.0216. The topological polar surface area (TPSA) is 106 Å². The van der Waals surface area contributed by atoms with Crippen molar-refractivity contribution in [3.63, 3.8) is 0 Å². The van der Waals surface area contributed by atoms with Crippen LogP contribution in [0.15, 0.2) is 52.5 Å². The molecule has 9 heteroatoms. The molecule has 1 fully saturated rings. The molecule has 0 spiro atoms. The number of carbonyl (C=O) groups excluding carboxylic acids is 2. The predicted molar refractivity (Wildman–Crippen MR) is 121 cm³/mol. The third-order valence-electron chi connectivity index (χ3n) is 5.09. The summed E-state index contributed by atoms with van der Waals surface area (Å²) in [6.45, 7) is 0.182. The molecule has 0 radical (unpaired) electrons. The van der Waals surface area contributed by atoms with E-state index in [1.165, 1.54) is 19.1 Å². The molecule has 1 aliphatic rings. The van der Waals surface area contributed by atoms with Gasteiger partial charge >= 0.3 is 0 Å². The molecular weight excluding hydrogens is 482 g/mol. The number of hydrogen-bond donors (Lipinski definition) is 2. The molecule has 3 rings (SSSR count). The lowest BCUT2D eigenvalue weighted by atomic mass is 9.95. The van der Waals surface area contributed by atoms with Gasteiger partial charge in [-0.15, -0.1) is 0 Å². The number of benzene rings is 2. The highest BCUT2D eigenvalue weighted by Crippen LogP contribution is 2.41. The van der Waals surface area contributed by atoms with Gasteiger partial charge in [0, 0.05) is 16.6 Å². The van der Waals surface area contributed by atoms with Crippen molar-refractivity contribution in [3.05, 3.63) is 63.6 Å². The minimum Gasteiger partial charge on any atom is -0.507 e. The van der Waals surface area contributed by atoms with Crippen LogP contribution in [0.3, 0.4) is 0 Å². The molecule has 1 saturated heterocycles. The van der Waals surface area contributed by atoms with Crippen molar-refractivity contribution in [2.24, 2.45) is 0 Å². The van der Waals surface area contributed by atoms with E-state index in [0.29, 0.717) is 22.6 Å². The zero-order chi connectivity index (χ0) is 23.3. The van der Waals surface area contributed by atoms with Gasteiger partial charge in [-0.2, -0.15) is 0 Å². The van der Waals surface area contributed by atoms with Crippen LogP contribution in [0.5, 0.6) is 11.5 Å². The van der Waals surface area contributed by atoms with Crippen LogP contribution in [-0.4, -0.2) is 67.4 Å². The summed E-state index contributed by atoms with van der Waals surface area (Å²) < 4.78 is 16.8. The molecule has 0 bridgehead atoms. The lowest BCUT2D eigenvalue weighted by Gasteiger charge is -2.26. The van der Waals surface area contributed by atoms with Crippen LogP contribution in [0.4, 0.5) is 0 Å². The quantitative estimate of drug-likeness (QED) is 0.233. The first-order chi connectivity index (χ1) is 15.4. The second-order valence-corrected chi connectivity index (χ2v) is 7.87. The van der Waals surface area contributed by atoms with Crippen LogP contribution in [0.1, 0.15) is 17.2 Å². The number of ketones is 1. The van der Waals surface area contributed by atoms with Gasteiger partial charge in [0.05, 0.1) is 45.7 Å². The first-order valence-corrected chi connectivity index (χ1v) is 10.7. The van der Waals surface area contributed by atoms with Crippen molar-refractivity contribution < 1.29 is 34.0 Å². The van der Waals surface area contributed by atoms with Crippen molar-refractivity contribution in [1.29, 1.82) is 0 Å². The Hall–Kier alpha value is -2.88. The van der Waals surface area contributed by atoms with E-state index >= 15 is 0 Å². The van der Waals surface area contributed by atoms with Crippen molar-refractivity contribution in [2.45, 2.75) is 6.04 Å². The maximum atomic E-state index is 13.0. The van der Waals surface area contributed by atoms with Crippen LogP contribution >= 0.6 is 15.9 Å². The van der Waals surface area contributed by atoms with E-state index in [9.17, 15) is 14.7 Å². The van der Waals surface area contributed by atoms with Crippen LogP contribution in [-0.2, 0) is 14.3 Å². The Morgan fingerprint density at radius 1 is 1.03 bits per heavy atom. The number of hydrogen-bond acceptors (Lipinski definition) is 7. The number of likely N-dealkylation sites (tertiary alicyclic amines) is 1. The summed E-state index contributed by atoms with van der Waals surface area (Å²) in [5.74, 6) is -0.874. The number of aliphatic hydroxyl groups excluding tert-OH is 2. The molecule has 0 saturated carbocycles. The fourth-order valence-corrected chi connectivity index (χ4v) is 3.84. The number of methoxy groups -OCH3 is 2. The lowest BCUT2D eigenvalue weighted by Crippen LogP contribution is -2.33. The van der Waals surface area contributed by atoms with Crippen molar-refractivity contribution in [2.75, 3.05) is 40.6 Å². The van der Waals surface area contributed by atoms with Gasteiger partial charge in [-0.05, 0) is 29.8 Å². The van der Waals surface area contributed by atoms with E-state index in [0.717, 1.165) is 4.47 Å². The van der Waals surface area contributed by atoms with E-state index in [1.807, 2.05) is 0 Å². The van der Waals surface area contributed by atoms with Gasteiger partial charge < -0.3 is 29.3 Å². The predicted octanol–water partition coefficient (Wildman–Crippen LogP) is 2.90.